The number of aromatic nitrogens is 2. The van der Waals surface area contributed by atoms with Crippen molar-refractivity contribution in [2.24, 2.45) is 23.2 Å². The first-order chi connectivity index (χ1) is 15.1. The Bertz CT molecular complexity index is 955. The molecule has 2 aromatic rings. The van der Waals surface area contributed by atoms with Gasteiger partial charge in [0.2, 0.25) is 5.95 Å². The molecule has 4 rings (SSSR count). The number of benzene rings is 1. The molecule has 5 nitrogen and oxygen atoms in total. The number of nitrogens with one attached hydrogen (secondary N) is 2. The van der Waals surface area contributed by atoms with Gasteiger partial charge in [-0.25, -0.2) is 4.98 Å². The van der Waals surface area contributed by atoms with Crippen molar-refractivity contribution in [2.45, 2.75) is 58.9 Å². The second kappa shape index (κ2) is 9.44. The Kier molecular flexibility index (Phi) is 6.67. The number of hydrogen-bond acceptors (Lipinski definition) is 5. The molecule has 6 heteroatoms. The predicted octanol–water partition coefficient (Wildman–Crippen LogP) is 6.27. The Morgan fingerprint density at radius 3 is 2.77 bits per heavy atom. The highest BCUT2D eigenvalue weighted by atomic mass is 35.5. The lowest BCUT2D eigenvalue weighted by atomic mass is 9.64. The maximum atomic E-state index is 9.56. The number of nitriles is 1. The summed E-state index contributed by atoms with van der Waals surface area (Å²) < 4.78 is 0. The summed E-state index contributed by atoms with van der Waals surface area (Å²) >= 11 is 6.25. The minimum atomic E-state index is 0.333. The standard InChI is InChI=1S/C25H32ClN5/c1-3-17-11-25(10-9-18(12-25)21(17)4-2)16-30-23-20(13-27)15-29-24(31-23)28-14-19-7-5-6-8-22(19)26/h5-8,15,17-18,21H,3-4,9-12,14,16H2,1-2H3,(H2,28,29,30,31). The number of hydrogen-bond donors (Lipinski definition) is 2. The SMILES string of the molecule is CCC1CC2(CNc3nc(NCc4ccccc4Cl)ncc3C#N)CCC(C2)C1CC. The summed E-state index contributed by atoms with van der Waals surface area (Å²) in [5, 5.41) is 17.0. The second-order valence-corrected chi connectivity index (χ2v) is 9.72. The lowest BCUT2D eigenvalue weighted by Crippen LogP contribution is -2.37. The molecule has 0 aliphatic heterocycles. The summed E-state index contributed by atoms with van der Waals surface area (Å²) in [4.78, 5) is 8.94. The minimum absolute atomic E-state index is 0.333. The van der Waals surface area contributed by atoms with Gasteiger partial charge in [0.1, 0.15) is 17.5 Å². The highest BCUT2D eigenvalue weighted by molar-refractivity contribution is 6.31. The quantitative estimate of drug-likeness (QED) is 0.509. The maximum Gasteiger partial charge on any atom is 0.224 e. The molecular weight excluding hydrogens is 406 g/mol. The van der Waals surface area contributed by atoms with Crippen LogP contribution in [0.1, 0.15) is 63.5 Å². The van der Waals surface area contributed by atoms with Crippen LogP contribution in [-0.4, -0.2) is 16.5 Å². The molecule has 31 heavy (non-hydrogen) atoms. The van der Waals surface area contributed by atoms with Gasteiger partial charge < -0.3 is 10.6 Å². The lowest BCUT2D eigenvalue weighted by Gasteiger charge is -2.43. The number of nitrogens with zero attached hydrogens (tertiary/aromatic N) is 3. The zero-order chi connectivity index (χ0) is 21.8. The molecule has 4 atom stereocenters. The second-order valence-electron chi connectivity index (χ2n) is 9.31. The van der Waals surface area contributed by atoms with Gasteiger partial charge in [-0.15, -0.1) is 0 Å². The molecule has 2 bridgehead atoms. The fraction of sp³-hybridized carbons (Fsp3) is 0.560. The number of rotatable bonds is 8. The van der Waals surface area contributed by atoms with Crippen LogP contribution in [0.3, 0.4) is 0 Å². The van der Waals surface area contributed by atoms with E-state index in [0.29, 0.717) is 34.3 Å². The summed E-state index contributed by atoms with van der Waals surface area (Å²) in [5.41, 5.74) is 1.81. The fourth-order valence-electron chi connectivity index (χ4n) is 6.01. The van der Waals surface area contributed by atoms with Crippen molar-refractivity contribution >= 4 is 23.4 Å². The van der Waals surface area contributed by atoms with E-state index in [2.05, 4.69) is 40.5 Å². The van der Waals surface area contributed by atoms with Gasteiger partial charge in [-0.3, -0.25) is 0 Å². The molecule has 1 heterocycles. The number of anilines is 2. The fourth-order valence-corrected chi connectivity index (χ4v) is 6.22. The van der Waals surface area contributed by atoms with Gasteiger partial charge >= 0.3 is 0 Å². The smallest absolute Gasteiger partial charge is 0.224 e. The van der Waals surface area contributed by atoms with Gasteiger partial charge in [-0.2, -0.15) is 10.2 Å². The highest BCUT2D eigenvalue weighted by Gasteiger charge is 2.49. The van der Waals surface area contributed by atoms with Crippen molar-refractivity contribution in [3.63, 3.8) is 0 Å². The largest absolute Gasteiger partial charge is 0.368 e. The number of fused-ring (bicyclic) bond motifs is 2. The third-order valence-corrected chi connectivity index (χ3v) is 7.95. The molecule has 2 fully saturated rings. The van der Waals surface area contributed by atoms with Crippen LogP contribution in [0, 0.1) is 34.5 Å². The van der Waals surface area contributed by atoms with E-state index < -0.39 is 0 Å². The van der Waals surface area contributed by atoms with Crippen LogP contribution in [0.15, 0.2) is 30.5 Å². The Labute approximate surface area is 190 Å². The average Bonchev–Trinajstić information content (AvgIpc) is 3.14. The van der Waals surface area contributed by atoms with Crippen molar-refractivity contribution in [1.82, 2.24) is 9.97 Å². The third-order valence-electron chi connectivity index (χ3n) is 7.58. The van der Waals surface area contributed by atoms with Gasteiger partial charge in [0.25, 0.3) is 0 Å². The summed E-state index contributed by atoms with van der Waals surface area (Å²) in [6.45, 7) is 6.11. The first kappa shape index (κ1) is 21.9. The molecule has 2 aliphatic rings. The van der Waals surface area contributed by atoms with E-state index in [0.717, 1.165) is 29.9 Å². The Balaban J connectivity index is 1.45. The molecule has 0 spiro atoms. The zero-order valence-corrected chi connectivity index (χ0v) is 19.3. The van der Waals surface area contributed by atoms with Crippen LogP contribution in [0.5, 0.6) is 0 Å². The molecule has 2 saturated carbocycles. The van der Waals surface area contributed by atoms with Crippen molar-refractivity contribution in [3.05, 3.63) is 46.6 Å². The molecule has 164 valence electrons. The molecule has 0 amide bonds. The Hall–Kier alpha value is -2.32. The zero-order valence-electron chi connectivity index (χ0n) is 18.5. The topological polar surface area (TPSA) is 73.6 Å². The van der Waals surface area contributed by atoms with E-state index in [1.165, 1.54) is 38.5 Å². The predicted molar refractivity (Wildman–Crippen MR) is 126 cm³/mol. The first-order valence-electron chi connectivity index (χ1n) is 11.6. The van der Waals surface area contributed by atoms with Gasteiger partial charge in [-0.1, -0.05) is 56.5 Å². The summed E-state index contributed by atoms with van der Waals surface area (Å²) in [6.07, 6.45) is 9.39. The molecule has 2 N–H and O–H groups in total. The van der Waals surface area contributed by atoms with Gasteiger partial charge in [0.15, 0.2) is 0 Å². The lowest BCUT2D eigenvalue weighted by molar-refractivity contribution is 0.0909. The molecular formula is C25H32ClN5. The van der Waals surface area contributed by atoms with E-state index in [1.54, 1.807) is 6.20 Å². The van der Waals surface area contributed by atoms with Crippen LogP contribution < -0.4 is 10.6 Å². The average molecular weight is 438 g/mol. The molecule has 4 unspecified atom stereocenters. The monoisotopic (exact) mass is 437 g/mol. The summed E-state index contributed by atoms with van der Waals surface area (Å²) in [7, 11) is 0. The van der Waals surface area contributed by atoms with E-state index >= 15 is 0 Å². The van der Waals surface area contributed by atoms with Crippen molar-refractivity contribution in [2.75, 3.05) is 17.2 Å². The van der Waals surface area contributed by atoms with Crippen LogP contribution in [0.2, 0.25) is 5.02 Å². The van der Waals surface area contributed by atoms with E-state index in [-0.39, 0.29) is 0 Å². The summed E-state index contributed by atoms with van der Waals surface area (Å²) in [5.74, 6) is 3.70. The van der Waals surface area contributed by atoms with Crippen molar-refractivity contribution in [1.29, 1.82) is 5.26 Å². The van der Waals surface area contributed by atoms with E-state index in [4.69, 9.17) is 11.6 Å². The molecule has 0 saturated heterocycles. The Morgan fingerprint density at radius 1 is 1.19 bits per heavy atom. The van der Waals surface area contributed by atoms with Crippen LogP contribution in [-0.2, 0) is 6.54 Å². The van der Waals surface area contributed by atoms with Gasteiger partial charge in [0.05, 0.1) is 6.20 Å². The Morgan fingerprint density at radius 2 is 2.03 bits per heavy atom. The highest BCUT2D eigenvalue weighted by Crippen LogP contribution is 2.57. The third kappa shape index (κ3) is 4.65. The molecule has 0 radical (unpaired) electrons. The van der Waals surface area contributed by atoms with Gasteiger partial charge in [-0.05, 0) is 60.5 Å². The van der Waals surface area contributed by atoms with E-state index in [1.807, 2.05) is 24.3 Å². The molecule has 1 aromatic heterocycles. The van der Waals surface area contributed by atoms with E-state index in [9.17, 15) is 5.26 Å². The molecule has 2 aliphatic carbocycles. The van der Waals surface area contributed by atoms with Crippen LogP contribution in [0.4, 0.5) is 11.8 Å². The minimum Gasteiger partial charge on any atom is -0.368 e. The first-order valence-corrected chi connectivity index (χ1v) is 11.9. The normalized spacial score (nSPS) is 27.0. The van der Waals surface area contributed by atoms with Crippen molar-refractivity contribution < 1.29 is 0 Å². The summed E-state index contributed by atoms with van der Waals surface area (Å²) in [6, 6.07) is 9.95. The van der Waals surface area contributed by atoms with Crippen molar-refractivity contribution in [3.8, 4) is 6.07 Å². The molecule has 1 aromatic carbocycles. The van der Waals surface area contributed by atoms with Crippen LogP contribution in [0.25, 0.3) is 0 Å². The number of halogens is 1. The van der Waals surface area contributed by atoms with Gasteiger partial charge in [0, 0.05) is 18.1 Å². The van der Waals surface area contributed by atoms with Crippen LogP contribution >= 0.6 is 11.6 Å². The maximum absolute atomic E-state index is 9.56.